The molecule has 1 aliphatic heterocycles. The van der Waals surface area contributed by atoms with Gasteiger partial charge in [-0.3, -0.25) is 4.99 Å². The summed E-state index contributed by atoms with van der Waals surface area (Å²) in [5.41, 5.74) is 4.49. The summed E-state index contributed by atoms with van der Waals surface area (Å²) < 4.78 is 13.2. The van der Waals surface area contributed by atoms with E-state index in [2.05, 4.69) is 37.2 Å². The molecule has 0 spiro atoms. The molecule has 0 saturated carbocycles. The topological polar surface area (TPSA) is 47.1 Å². The van der Waals surface area contributed by atoms with Crippen molar-refractivity contribution in [2.45, 2.75) is 18.9 Å². The monoisotopic (exact) mass is 350 g/mol. The van der Waals surface area contributed by atoms with Gasteiger partial charge < -0.3 is 10.4 Å². The molecule has 3 rings (SSSR count). The van der Waals surface area contributed by atoms with Crippen LogP contribution in [0, 0.1) is 5.82 Å². The molecule has 0 aromatic heterocycles. The lowest BCUT2D eigenvalue weighted by molar-refractivity contribution is 0.379. The van der Waals surface area contributed by atoms with Gasteiger partial charge in [-0.2, -0.15) is 0 Å². The fourth-order valence-corrected chi connectivity index (χ4v) is 2.89. The van der Waals surface area contributed by atoms with Crippen molar-refractivity contribution in [2.24, 2.45) is 4.99 Å². The second-order valence-electron chi connectivity index (χ2n) is 6.09. The molecule has 1 unspecified atom stereocenters. The van der Waals surface area contributed by atoms with Gasteiger partial charge in [-0.25, -0.2) is 4.39 Å². The van der Waals surface area contributed by atoms with Crippen LogP contribution in [0.5, 0.6) is 0 Å². The summed E-state index contributed by atoms with van der Waals surface area (Å²) in [6.07, 6.45) is 2.01. The smallest absolute Gasteiger partial charge is 0.123 e. The number of hydrogen-bond donors (Lipinski definition) is 0. The molecule has 0 fully saturated rings. The van der Waals surface area contributed by atoms with Crippen LogP contribution in [0.4, 0.5) is 4.39 Å². The molecular formula is C19H24ClFN2O. The molecular weight excluding hydrogens is 327 g/mol. The van der Waals surface area contributed by atoms with Gasteiger partial charge in [-0.1, -0.05) is 24.3 Å². The Balaban J connectivity index is 0.00000144. The predicted octanol–water partition coefficient (Wildman–Crippen LogP) is 3.14. The van der Waals surface area contributed by atoms with Crippen molar-refractivity contribution < 1.29 is 9.87 Å². The Morgan fingerprint density at radius 3 is 2.42 bits per heavy atom. The second-order valence-corrected chi connectivity index (χ2v) is 6.09. The van der Waals surface area contributed by atoms with Gasteiger partial charge in [0.05, 0.1) is 11.8 Å². The highest BCUT2D eigenvalue weighted by molar-refractivity contribution is 6.14. The summed E-state index contributed by atoms with van der Waals surface area (Å²) in [5, 5.41) is 0. The third-order valence-corrected chi connectivity index (χ3v) is 4.07. The maximum atomic E-state index is 13.2. The molecule has 0 bridgehead atoms. The summed E-state index contributed by atoms with van der Waals surface area (Å²) in [5.74, 6) is -0.211. The maximum absolute atomic E-state index is 13.2. The summed E-state index contributed by atoms with van der Waals surface area (Å²) in [6.45, 7) is 1.02. The van der Waals surface area contributed by atoms with Crippen LogP contribution in [0.1, 0.15) is 23.1 Å². The van der Waals surface area contributed by atoms with Crippen molar-refractivity contribution in [3.8, 4) is 0 Å². The lowest BCUT2D eigenvalue weighted by Crippen LogP contribution is -2.25. The van der Waals surface area contributed by atoms with E-state index in [1.54, 1.807) is 0 Å². The van der Waals surface area contributed by atoms with E-state index in [-0.39, 0.29) is 29.7 Å². The van der Waals surface area contributed by atoms with Crippen LogP contribution in [-0.4, -0.2) is 42.8 Å². The van der Waals surface area contributed by atoms with E-state index in [1.807, 2.05) is 18.2 Å². The number of fused-ring (bicyclic) bond motifs is 1. The number of nitrogens with zero attached hydrogens (tertiary/aromatic N) is 2. The SMILES string of the molecule is CN(C)CCC1Cc2ccccc2C(c2ccc(F)cc2)=N1.Cl.O. The first-order valence-corrected chi connectivity index (χ1v) is 7.70. The van der Waals surface area contributed by atoms with E-state index in [4.69, 9.17) is 4.99 Å². The van der Waals surface area contributed by atoms with E-state index >= 15 is 0 Å². The van der Waals surface area contributed by atoms with E-state index < -0.39 is 0 Å². The molecule has 2 N–H and O–H groups in total. The highest BCUT2D eigenvalue weighted by atomic mass is 35.5. The normalized spacial score (nSPS) is 15.8. The molecule has 2 aromatic rings. The standard InChI is InChI=1S/C19H21FN2.ClH.H2O/c1-22(2)12-11-17-13-15-5-3-4-6-18(15)19(21-17)14-7-9-16(20)10-8-14;;/h3-10,17H,11-13H2,1-2H3;1H;1H2. The van der Waals surface area contributed by atoms with Gasteiger partial charge in [-0.15, -0.1) is 12.4 Å². The van der Waals surface area contributed by atoms with Gasteiger partial charge in [-0.05, 0) is 63.3 Å². The number of benzene rings is 2. The van der Waals surface area contributed by atoms with Crippen molar-refractivity contribution in [1.82, 2.24) is 4.90 Å². The molecule has 0 radical (unpaired) electrons. The van der Waals surface area contributed by atoms with Crippen LogP contribution in [0.3, 0.4) is 0 Å². The Morgan fingerprint density at radius 1 is 1.08 bits per heavy atom. The minimum absolute atomic E-state index is 0. The Bertz CT molecular complexity index is 686. The minimum Gasteiger partial charge on any atom is -0.412 e. The van der Waals surface area contributed by atoms with Crippen molar-refractivity contribution in [2.75, 3.05) is 20.6 Å². The average molecular weight is 351 g/mol. The highest BCUT2D eigenvalue weighted by Gasteiger charge is 2.21. The van der Waals surface area contributed by atoms with Gasteiger partial charge in [0, 0.05) is 11.1 Å². The largest absolute Gasteiger partial charge is 0.412 e. The molecule has 24 heavy (non-hydrogen) atoms. The fraction of sp³-hybridized carbons (Fsp3) is 0.316. The zero-order chi connectivity index (χ0) is 15.5. The Hall–Kier alpha value is -1.75. The first kappa shape index (κ1) is 20.3. The zero-order valence-electron chi connectivity index (χ0n) is 14.0. The lowest BCUT2D eigenvalue weighted by Gasteiger charge is -2.24. The van der Waals surface area contributed by atoms with Gasteiger partial charge in [0.2, 0.25) is 0 Å². The molecule has 130 valence electrons. The van der Waals surface area contributed by atoms with Crippen LogP contribution in [0.15, 0.2) is 53.5 Å². The first-order chi connectivity index (χ1) is 10.6. The van der Waals surface area contributed by atoms with Crippen molar-refractivity contribution in [1.29, 1.82) is 0 Å². The first-order valence-electron chi connectivity index (χ1n) is 7.70. The molecule has 0 saturated heterocycles. The van der Waals surface area contributed by atoms with Crippen molar-refractivity contribution >= 4 is 18.1 Å². The van der Waals surface area contributed by atoms with E-state index in [0.717, 1.165) is 30.7 Å². The van der Waals surface area contributed by atoms with E-state index in [0.29, 0.717) is 0 Å². The fourth-order valence-electron chi connectivity index (χ4n) is 2.89. The third-order valence-electron chi connectivity index (χ3n) is 4.07. The van der Waals surface area contributed by atoms with Gasteiger partial charge >= 0.3 is 0 Å². The summed E-state index contributed by atoms with van der Waals surface area (Å²) in [6, 6.07) is 15.3. The van der Waals surface area contributed by atoms with Crippen molar-refractivity contribution in [3.63, 3.8) is 0 Å². The molecule has 1 aliphatic rings. The summed E-state index contributed by atoms with van der Waals surface area (Å²) >= 11 is 0. The Kier molecular flexibility index (Phi) is 7.55. The van der Waals surface area contributed by atoms with Crippen molar-refractivity contribution in [3.05, 3.63) is 71.0 Å². The van der Waals surface area contributed by atoms with E-state index in [1.165, 1.54) is 23.3 Å². The van der Waals surface area contributed by atoms with E-state index in [9.17, 15) is 4.39 Å². The number of hydrogen-bond acceptors (Lipinski definition) is 2. The highest BCUT2D eigenvalue weighted by Crippen LogP contribution is 2.25. The predicted molar refractivity (Wildman–Crippen MR) is 100 cm³/mol. The molecule has 1 heterocycles. The third kappa shape index (κ3) is 4.63. The quantitative estimate of drug-likeness (QED) is 0.835. The van der Waals surface area contributed by atoms with Gasteiger partial charge in [0.25, 0.3) is 0 Å². The Morgan fingerprint density at radius 2 is 1.75 bits per heavy atom. The maximum Gasteiger partial charge on any atom is 0.123 e. The minimum atomic E-state index is -0.211. The number of rotatable bonds is 4. The molecule has 5 heteroatoms. The van der Waals surface area contributed by atoms with Gasteiger partial charge in [0.15, 0.2) is 0 Å². The summed E-state index contributed by atoms with van der Waals surface area (Å²) in [4.78, 5) is 7.15. The van der Waals surface area contributed by atoms with Gasteiger partial charge in [0.1, 0.15) is 5.82 Å². The second kappa shape index (κ2) is 8.92. The molecule has 3 nitrogen and oxygen atoms in total. The Labute approximate surface area is 148 Å². The van der Waals surface area contributed by atoms with Crippen LogP contribution in [0.25, 0.3) is 0 Å². The number of halogens is 2. The lowest BCUT2D eigenvalue weighted by atomic mass is 9.89. The molecule has 0 amide bonds. The summed E-state index contributed by atoms with van der Waals surface area (Å²) in [7, 11) is 4.17. The van der Waals surface area contributed by atoms with Crippen LogP contribution < -0.4 is 0 Å². The van der Waals surface area contributed by atoms with Crippen LogP contribution in [-0.2, 0) is 6.42 Å². The van der Waals surface area contributed by atoms with Crippen LogP contribution in [0.2, 0.25) is 0 Å². The average Bonchev–Trinajstić information content (AvgIpc) is 2.53. The number of aliphatic imine (C=N–C) groups is 1. The molecule has 1 atom stereocenters. The van der Waals surface area contributed by atoms with Crippen LogP contribution >= 0.6 is 12.4 Å². The molecule has 2 aromatic carbocycles. The molecule has 0 aliphatic carbocycles. The zero-order valence-corrected chi connectivity index (χ0v) is 14.8.